The van der Waals surface area contributed by atoms with Crippen LogP contribution in [0.3, 0.4) is 0 Å². The van der Waals surface area contributed by atoms with Crippen LogP contribution in [-0.2, 0) is 9.84 Å². The third kappa shape index (κ3) is 4.81. The highest BCUT2D eigenvalue weighted by atomic mass is 32.2. The molecule has 0 unspecified atom stereocenters. The fraction of sp³-hybridized carbons (Fsp3) is 0.571. The lowest BCUT2D eigenvalue weighted by atomic mass is 9.81. The topological polar surface area (TPSA) is 34.1 Å². The average Bonchev–Trinajstić information content (AvgIpc) is 2.22. The van der Waals surface area contributed by atoms with Crippen LogP contribution in [0.2, 0.25) is 0 Å². The van der Waals surface area contributed by atoms with Crippen molar-refractivity contribution in [3.05, 3.63) is 29.8 Å². The van der Waals surface area contributed by atoms with Crippen molar-refractivity contribution in [3.63, 3.8) is 0 Å². The number of hydrogen-bond donors (Lipinski definition) is 0. The van der Waals surface area contributed by atoms with Gasteiger partial charge < -0.3 is 0 Å². The summed E-state index contributed by atoms with van der Waals surface area (Å²) in [6.45, 7) is 5.24. The summed E-state index contributed by atoms with van der Waals surface area (Å²) in [5, 5.41) is 0. The summed E-state index contributed by atoms with van der Waals surface area (Å²) in [7, 11) is -3.40. The van der Waals surface area contributed by atoms with Gasteiger partial charge in [-0.1, -0.05) is 32.9 Å². The van der Waals surface area contributed by atoms with Gasteiger partial charge in [-0.3, -0.25) is 0 Å². The molecule has 0 saturated heterocycles. The van der Waals surface area contributed by atoms with Gasteiger partial charge in [-0.25, -0.2) is 8.42 Å². The summed E-state index contributed by atoms with van der Waals surface area (Å²) in [6.07, 6.45) is -3.37. The first-order valence-electron chi connectivity index (χ1n) is 6.17. The maximum absolute atomic E-state index is 13.2. The zero-order valence-electron chi connectivity index (χ0n) is 12.0. The Hall–Kier alpha value is -1.04. The molecule has 0 aliphatic carbocycles. The van der Waals surface area contributed by atoms with Gasteiger partial charge in [0.05, 0.1) is 10.8 Å². The predicted molar refractivity (Wildman–Crippen MR) is 72.4 cm³/mol. The Kier molecular flexibility index (Phi) is 4.58. The van der Waals surface area contributed by atoms with E-state index in [1.165, 1.54) is 24.3 Å². The predicted octanol–water partition coefficient (Wildman–Crippen LogP) is 4.17. The van der Waals surface area contributed by atoms with Crippen LogP contribution in [0.15, 0.2) is 29.2 Å². The second-order valence-corrected chi connectivity index (χ2v) is 8.22. The molecule has 0 aliphatic heterocycles. The highest BCUT2D eigenvalue weighted by Gasteiger charge is 2.42. The number of halogens is 3. The number of hydrogen-bond acceptors (Lipinski definition) is 2. The van der Waals surface area contributed by atoms with E-state index in [0.29, 0.717) is 0 Å². The van der Waals surface area contributed by atoms with Gasteiger partial charge in [-0.05, 0) is 29.5 Å². The summed E-state index contributed by atoms with van der Waals surface area (Å²) >= 11 is 0. The van der Waals surface area contributed by atoms with E-state index in [0.717, 1.165) is 6.26 Å². The number of alkyl halides is 3. The van der Waals surface area contributed by atoms with Crippen LogP contribution in [0.5, 0.6) is 0 Å². The normalized spacial score (nSPS) is 15.2. The molecule has 1 atom stereocenters. The van der Waals surface area contributed by atoms with Crippen LogP contribution < -0.4 is 0 Å². The maximum Gasteiger partial charge on any atom is 0.395 e. The molecule has 20 heavy (non-hydrogen) atoms. The van der Waals surface area contributed by atoms with Crippen molar-refractivity contribution in [3.8, 4) is 0 Å². The molecule has 1 aromatic carbocycles. The zero-order chi connectivity index (χ0) is 15.8. The number of sulfone groups is 1. The van der Waals surface area contributed by atoms with Gasteiger partial charge in [0.1, 0.15) is 0 Å². The third-order valence-corrected chi connectivity index (χ3v) is 4.05. The minimum absolute atomic E-state index is 0.0259. The van der Waals surface area contributed by atoms with E-state index < -0.39 is 27.3 Å². The van der Waals surface area contributed by atoms with E-state index in [9.17, 15) is 21.6 Å². The van der Waals surface area contributed by atoms with E-state index in [4.69, 9.17) is 0 Å². The molecule has 0 saturated carbocycles. The first kappa shape index (κ1) is 17.0. The Labute approximate surface area is 117 Å². The van der Waals surface area contributed by atoms with Crippen molar-refractivity contribution in [1.29, 1.82) is 0 Å². The quantitative estimate of drug-likeness (QED) is 0.839. The standard InChI is InChI=1S/C14H19F3O2S/c1-13(2,3)9-12(14(15,16)17)10-5-7-11(8-6-10)20(4,18)19/h5-8,12H,9H2,1-4H3/t12-/m1/s1. The molecule has 0 spiro atoms. The Morgan fingerprint density at radius 1 is 1.05 bits per heavy atom. The maximum atomic E-state index is 13.2. The summed E-state index contributed by atoms with van der Waals surface area (Å²) in [5.74, 6) is -1.59. The Morgan fingerprint density at radius 2 is 1.50 bits per heavy atom. The highest BCUT2D eigenvalue weighted by molar-refractivity contribution is 7.90. The highest BCUT2D eigenvalue weighted by Crippen LogP contribution is 2.42. The molecule has 0 heterocycles. The average molecular weight is 308 g/mol. The minimum atomic E-state index is -4.35. The van der Waals surface area contributed by atoms with Crippen molar-refractivity contribution in [2.24, 2.45) is 5.41 Å². The van der Waals surface area contributed by atoms with E-state index in [2.05, 4.69) is 0 Å². The zero-order valence-corrected chi connectivity index (χ0v) is 12.8. The van der Waals surface area contributed by atoms with Crippen LogP contribution in [0, 0.1) is 5.41 Å². The van der Waals surface area contributed by atoms with Crippen molar-refractivity contribution in [2.75, 3.05) is 6.26 Å². The Bertz CT molecular complexity index is 552. The largest absolute Gasteiger partial charge is 0.395 e. The Morgan fingerprint density at radius 3 is 1.80 bits per heavy atom. The minimum Gasteiger partial charge on any atom is -0.224 e. The van der Waals surface area contributed by atoms with Crippen molar-refractivity contribution >= 4 is 9.84 Å². The smallest absolute Gasteiger partial charge is 0.224 e. The molecule has 0 aliphatic rings. The summed E-state index contributed by atoms with van der Waals surface area (Å²) in [5.41, 5.74) is -0.379. The molecular weight excluding hydrogens is 289 g/mol. The lowest BCUT2D eigenvalue weighted by molar-refractivity contribution is -0.156. The van der Waals surface area contributed by atoms with Crippen LogP contribution in [-0.4, -0.2) is 20.8 Å². The van der Waals surface area contributed by atoms with Gasteiger partial charge in [0.2, 0.25) is 0 Å². The summed E-state index contributed by atoms with van der Waals surface area (Å²) in [6, 6.07) is 4.96. The molecule has 0 fully saturated rings. The monoisotopic (exact) mass is 308 g/mol. The molecule has 0 radical (unpaired) electrons. The molecule has 6 heteroatoms. The van der Waals surface area contributed by atoms with Crippen molar-refractivity contribution < 1.29 is 21.6 Å². The van der Waals surface area contributed by atoms with Gasteiger partial charge in [-0.2, -0.15) is 13.2 Å². The Balaban J connectivity index is 3.16. The SMILES string of the molecule is CC(C)(C)C[C@H](c1ccc(S(C)(=O)=O)cc1)C(F)(F)F. The molecular formula is C14H19F3O2S. The molecule has 1 rings (SSSR count). The second kappa shape index (κ2) is 5.39. The van der Waals surface area contributed by atoms with E-state index in [1.807, 2.05) is 0 Å². The van der Waals surface area contributed by atoms with Crippen molar-refractivity contribution in [1.82, 2.24) is 0 Å². The van der Waals surface area contributed by atoms with Crippen LogP contribution in [0.25, 0.3) is 0 Å². The molecule has 114 valence electrons. The lowest BCUT2D eigenvalue weighted by Gasteiger charge is -2.28. The van der Waals surface area contributed by atoms with Gasteiger partial charge in [0.25, 0.3) is 0 Å². The molecule has 0 bridgehead atoms. The van der Waals surface area contributed by atoms with Gasteiger partial charge in [0.15, 0.2) is 9.84 Å². The molecule has 2 nitrogen and oxygen atoms in total. The first-order valence-corrected chi connectivity index (χ1v) is 8.06. The molecule has 0 amide bonds. The van der Waals surface area contributed by atoms with E-state index in [1.54, 1.807) is 20.8 Å². The van der Waals surface area contributed by atoms with E-state index in [-0.39, 0.29) is 16.9 Å². The molecule has 1 aromatic rings. The van der Waals surface area contributed by atoms with Crippen LogP contribution >= 0.6 is 0 Å². The second-order valence-electron chi connectivity index (χ2n) is 6.20. The summed E-state index contributed by atoms with van der Waals surface area (Å²) < 4.78 is 62.1. The van der Waals surface area contributed by atoms with Crippen LogP contribution in [0.4, 0.5) is 13.2 Å². The fourth-order valence-corrected chi connectivity index (χ4v) is 2.61. The van der Waals surface area contributed by atoms with Crippen LogP contribution in [0.1, 0.15) is 38.7 Å². The van der Waals surface area contributed by atoms with Crippen molar-refractivity contribution in [2.45, 2.75) is 44.2 Å². The first-order chi connectivity index (χ1) is 8.81. The molecule has 0 N–H and O–H groups in total. The molecule has 0 aromatic heterocycles. The van der Waals surface area contributed by atoms with Gasteiger partial charge >= 0.3 is 6.18 Å². The van der Waals surface area contributed by atoms with Gasteiger partial charge in [0, 0.05) is 6.26 Å². The third-order valence-electron chi connectivity index (χ3n) is 2.92. The fourth-order valence-electron chi connectivity index (χ4n) is 1.98. The van der Waals surface area contributed by atoms with E-state index >= 15 is 0 Å². The van der Waals surface area contributed by atoms with Gasteiger partial charge in [-0.15, -0.1) is 0 Å². The lowest BCUT2D eigenvalue weighted by Crippen LogP contribution is -2.25. The number of rotatable bonds is 3. The number of benzene rings is 1. The summed E-state index contributed by atoms with van der Waals surface area (Å²) in [4.78, 5) is 0.0259.